The fraction of sp³-hybridized carbons (Fsp3) is 0.615. The minimum atomic E-state index is 0.146. The maximum Gasteiger partial charge on any atom is 0.0653 e. The maximum absolute atomic E-state index is 8.69. The maximum atomic E-state index is 8.69. The van der Waals surface area contributed by atoms with Crippen LogP contribution in [-0.4, -0.2) is 0 Å². The largest absolute Gasteiger partial charge is 0.198 e. The minimum Gasteiger partial charge on any atom is -0.198 e. The van der Waals surface area contributed by atoms with Crippen LogP contribution >= 0.6 is 0 Å². The lowest BCUT2D eigenvalue weighted by atomic mass is 9.93. The molecule has 0 N–H and O–H groups in total. The molecule has 0 saturated carbocycles. The highest BCUT2D eigenvalue weighted by atomic mass is 14.3. The monoisotopic (exact) mass is 191 g/mol. The van der Waals surface area contributed by atoms with Gasteiger partial charge in [0.15, 0.2) is 0 Å². The summed E-state index contributed by atoms with van der Waals surface area (Å²) in [5.74, 6) is 0.638. The van der Waals surface area contributed by atoms with Gasteiger partial charge in [-0.05, 0) is 38.5 Å². The molecule has 0 aliphatic carbocycles. The van der Waals surface area contributed by atoms with Gasteiger partial charge in [0.1, 0.15) is 0 Å². The molecule has 0 heterocycles. The Morgan fingerprint density at radius 2 is 2.14 bits per heavy atom. The molecule has 2 unspecified atom stereocenters. The molecule has 0 fully saturated rings. The Morgan fingerprint density at radius 3 is 2.64 bits per heavy atom. The summed E-state index contributed by atoms with van der Waals surface area (Å²) in [6, 6.07) is 2.27. The number of hydrogen-bond donors (Lipinski definition) is 0. The van der Waals surface area contributed by atoms with E-state index in [9.17, 15) is 0 Å². The minimum absolute atomic E-state index is 0.146. The first-order chi connectivity index (χ1) is 6.74. The molecule has 0 aliphatic heterocycles. The molecule has 0 amide bonds. The molecule has 0 aromatic heterocycles. The highest BCUT2D eigenvalue weighted by molar-refractivity contribution is 4.89. The predicted molar refractivity (Wildman–Crippen MR) is 61.7 cm³/mol. The predicted octanol–water partition coefficient (Wildman–Crippen LogP) is 4.08. The zero-order valence-electron chi connectivity index (χ0n) is 9.37. The number of nitrogens with zero attached hydrogens (tertiary/aromatic N) is 1. The van der Waals surface area contributed by atoms with Crippen LogP contribution in [0.2, 0.25) is 0 Å². The third-order valence-electron chi connectivity index (χ3n) is 2.32. The molecular formula is C13H21N. The second-order valence-electron chi connectivity index (χ2n) is 3.72. The van der Waals surface area contributed by atoms with Crippen molar-refractivity contribution in [2.24, 2.45) is 11.8 Å². The quantitative estimate of drug-likeness (QED) is 0.556. The molecule has 1 nitrogen and oxygen atoms in total. The van der Waals surface area contributed by atoms with E-state index in [0.29, 0.717) is 5.92 Å². The van der Waals surface area contributed by atoms with Crippen LogP contribution < -0.4 is 0 Å². The SMILES string of the molecule is C=CC(CC/C=C/CC)CC(C)C#N. The summed E-state index contributed by atoms with van der Waals surface area (Å²) in [7, 11) is 0. The first-order valence-electron chi connectivity index (χ1n) is 5.41. The average molecular weight is 191 g/mol. The van der Waals surface area contributed by atoms with E-state index in [1.165, 1.54) is 0 Å². The van der Waals surface area contributed by atoms with Crippen molar-refractivity contribution in [1.82, 2.24) is 0 Å². The molecule has 0 aromatic rings. The fourth-order valence-electron chi connectivity index (χ4n) is 1.43. The van der Waals surface area contributed by atoms with Gasteiger partial charge in [0.25, 0.3) is 0 Å². The van der Waals surface area contributed by atoms with E-state index in [-0.39, 0.29) is 5.92 Å². The second kappa shape index (κ2) is 8.56. The second-order valence-corrected chi connectivity index (χ2v) is 3.72. The Bertz CT molecular complexity index is 210. The molecule has 0 radical (unpaired) electrons. The molecule has 1 heteroatoms. The van der Waals surface area contributed by atoms with E-state index >= 15 is 0 Å². The number of hydrogen-bond acceptors (Lipinski definition) is 1. The summed E-state index contributed by atoms with van der Waals surface area (Å²) in [6.07, 6.45) is 10.6. The van der Waals surface area contributed by atoms with E-state index in [2.05, 4.69) is 31.7 Å². The van der Waals surface area contributed by atoms with Crippen LogP contribution in [0.5, 0.6) is 0 Å². The van der Waals surface area contributed by atoms with Crippen LogP contribution in [0.4, 0.5) is 0 Å². The third-order valence-corrected chi connectivity index (χ3v) is 2.32. The number of rotatable bonds is 7. The summed E-state index contributed by atoms with van der Waals surface area (Å²) >= 11 is 0. The molecule has 0 saturated heterocycles. The van der Waals surface area contributed by atoms with Crippen LogP contribution in [0.1, 0.15) is 39.5 Å². The lowest BCUT2D eigenvalue weighted by Crippen LogP contribution is -2.01. The van der Waals surface area contributed by atoms with Crippen molar-refractivity contribution in [1.29, 1.82) is 5.26 Å². The molecule has 0 spiro atoms. The van der Waals surface area contributed by atoms with E-state index in [1.54, 1.807) is 0 Å². The zero-order valence-corrected chi connectivity index (χ0v) is 9.37. The van der Waals surface area contributed by atoms with Gasteiger partial charge in [-0.15, -0.1) is 6.58 Å². The lowest BCUT2D eigenvalue weighted by molar-refractivity contribution is 0.490. The Morgan fingerprint density at radius 1 is 1.43 bits per heavy atom. The smallest absolute Gasteiger partial charge is 0.0653 e. The van der Waals surface area contributed by atoms with Crippen molar-refractivity contribution >= 4 is 0 Å². The van der Waals surface area contributed by atoms with Gasteiger partial charge >= 0.3 is 0 Å². The first kappa shape index (κ1) is 13.0. The van der Waals surface area contributed by atoms with Gasteiger partial charge in [0.2, 0.25) is 0 Å². The third kappa shape index (κ3) is 6.48. The molecular weight excluding hydrogens is 170 g/mol. The molecule has 0 rings (SSSR count). The van der Waals surface area contributed by atoms with Gasteiger partial charge in [0.05, 0.1) is 6.07 Å². The van der Waals surface area contributed by atoms with Gasteiger partial charge in [-0.1, -0.05) is 25.2 Å². The zero-order chi connectivity index (χ0) is 10.8. The van der Waals surface area contributed by atoms with Crippen LogP contribution in [0.25, 0.3) is 0 Å². The van der Waals surface area contributed by atoms with E-state index in [0.717, 1.165) is 25.7 Å². The van der Waals surface area contributed by atoms with Gasteiger partial charge in [0, 0.05) is 5.92 Å². The van der Waals surface area contributed by atoms with E-state index in [1.807, 2.05) is 13.0 Å². The van der Waals surface area contributed by atoms with Crippen LogP contribution in [0.3, 0.4) is 0 Å². The molecule has 0 bridgehead atoms. The Kier molecular flexibility index (Phi) is 7.93. The van der Waals surface area contributed by atoms with Crippen molar-refractivity contribution < 1.29 is 0 Å². The topological polar surface area (TPSA) is 23.8 Å². The Labute approximate surface area is 88.1 Å². The van der Waals surface area contributed by atoms with Crippen molar-refractivity contribution in [3.63, 3.8) is 0 Å². The molecule has 0 aromatic carbocycles. The average Bonchev–Trinajstić information content (AvgIpc) is 2.22. The first-order valence-corrected chi connectivity index (χ1v) is 5.41. The van der Waals surface area contributed by atoms with Gasteiger partial charge in [-0.2, -0.15) is 5.26 Å². The number of nitriles is 1. The lowest BCUT2D eigenvalue weighted by Gasteiger charge is -2.11. The summed E-state index contributed by atoms with van der Waals surface area (Å²) in [4.78, 5) is 0. The highest BCUT2D eigenvalue weighted by Gasteiger charge is 2.08. The van der Waals surface area contributed by atoms with Crippen molar-refractivity contribution in [3.05, 3.63) is 24.8 Å². The summed E-state index contributed by atoms with van der Waals surface area (Å²) < 4.78 is 0. The molecule has 0 aliphatic rings. The Hall–Kier alpha value is -1.03. The van der Waals surface area contributed by atoms with Crippen molar-refractivity contribution in [2.45, 2.75) is 39.5 Å². The van der Waals surface area contributed by atoms with Gasteiger partial charge < -0.3 is 0 Å². The fourth-order valence-corrected chi connectivity index (χ4v) is 1.43. The van der Waals surface area contributed by atoms with E-state index < -0.39 is 0 Å². The van der Waals surface area contributed by atoms with Crippen LogP contribution in [0, 0.1) is 23.2 Å². The normalized spacial score (nSPS) is 14.9. The van der Waals surface area contributed by atoms with Crippen molar-refractivity contribution in [2.75, 3.05) is 0 Å². The summed E-state index contributed by atoms with van der Waals surface area (Å²) in [5, 5.41) is 8.69. The molecule has 14 heavy (non-hydrogen) atoms. The summed E-state index contributed by atoms with van der Waals surface area (Å²) in [5.41, 5.74) is 0. The number of allylic oxidation sites excluding steroid dienone is 3. The standard InChI is InChI=1S/C13H21N/c1-4-6-7-8-9-13(5-2)10-12(3)11-14/h5-7,12-13H,2,4,8-10H2,1,3H3/b7-6+. The van der Waals surface area contributed by atoms with Gasteiger partial charge in [-0.25, -0.2) is 0 Å². The molecule has 2 atom stereocenters. The van der Waals surface area contributed by atoms with E-state index in [4.69, 9.17) is 5.26 Å². The summed E-state index contributed by atoms with van der Waals surface area (Å²) in [6.45, 7) is 7.92. The molecule has 78 valence electrons. The Balaban J connectivity index is 3.75. The van der Waals surface area contributed by atoms with Crippen LogP contribution in [0.15, 0.2) is 24.8 Å². The van der Waals surface area contributed by atoms with Gasteiger partial charge in [-0.3, -0.25) is 0 Å². The van der Waals surface area contributed by atoms with Crippen molar-refractivity contribution in [3.8, 4) is 6.07 Å². The highest BCUT2D eigenvalue weighted by Crippen LogP contribution is 2.18. The van der Waals surface area contributed by atoms with Crippen LogP contribution in [-0.2, 0) is 0 Å².